The quantitative estimate of drug-likeness (QED) is 0.816. The number of nitrogens with one attached hydrogen (secondary N) is 1. The summed E-state index contributed by atoms with van der Waals surface area (Å²) in [6.07, 6.45) is 2.45. The minimum absolute atomic E-state index is 0.635. The van der Waals surface area contributed by atoms with Crippen LogP contribution in [0.4, 0.5) is 0 Å². The Morgan fingerprint density at radius 1 is 1.38 bits per heavy atom. The zero-order valence-electron chi connectivity index (χ0n) is 8.83. The second kappa shape index (κ2) is 4.76. The third-order valence-electron chi connectivity index (χ3n) is 2.45. The average Bonchev–Trinajstić information content (AvgIpc) is 2.29. The number of aromatic nitrogens is 2. The van der Waals surface area contributed by atoms with Crippen molar-refractivity contribution in [3.63, 3.8) is 0 Å². The van der Waals surface area contributed by atoms with Crippen LogP contribution in [0.5, 0.6) is 0 Å². The zero-order valence-corrected chi connectivity index (χ0v) is 10.4. The van der Waals surface area contributed by atoms with E-state index in [9.17, 15) is 0 Å². The normalized spacial score (nSPS) is 10.4. The lowest BCUT2D eigenvalue weighted by Crippen LogP contribution is -1.95. The molecule has 2 rings (SSSR count). The van der Waals surface area contributed by atoms with E-state index in [2.05, 4.69) is 16.9 Å². The second-order valence-electron chi connectivity index (χ2n) is 3.39. The minimum Gasteiger partial charge on any atom is -0.345 e. The van der Waals surface area contributed by atoms with Crippen LogP contribution in [0.15, 0.2) is 30.6 Å². The molecule has 0 radical (unpaired) electrons. The summed E-state index contributed by atoms with van der Waals surface area (Å²) < 4.78 is 0.635. The van der Waals surface area contributed by atoms with Crippen molar-refractivity contribution in [3.8, 4) is 11.3 Å². The summed E-state index contributed by atoms with van der Waals surface area (Å²) in [5, 5.41) is 0.717. The highest BCUT2D eigenvalue weighted by atomic mass is 35.5. The van der Waals surface area contributed by atoms with Crippen molar-refractivity contribution in [3.05, 3.63) is 45.8 Å². The minimum atomic E-state index is 0.635. The van der Waals surface area contributed by atoms with Crippen LogP contribution in [-0.4, -0.2) is 9.97 Å². The van der Waals surface area contributed by atoms with Gasteiger partial charge in [-0.05, 0) is 12.5 Å². The van der Waals surface area contributed by atoms with Crippen molar-refractivity contribution in [1.29, 1.82) is 0 Å². The topological polar surface area (TPSA) is 28.7 Å². The van der Waals surface area contributed by atoms with E-state index in [0.717, 1.165) is 23.2 Å². The highest BCUT2D eigenvalue weighted by molar-refractivity contribution is 7.71. The summed E-state index contributed by atoms with van der Waals surface area (Å²) >= 11 is 11.4. The van der Waals surface area contributed by atoms with Crippen LogP contribution in [0.2, 0.25) is 5.02 Å². The van der Waals surface area contributed by atoms with Crippen molar-refractivity contribution in [1.82, 2.24) is 9.97 Å². The van der Waals surface area contributed by atoms with E-state index in [-0.39, 0.29) is 0 Å². The monoisotopic (exact) mass is 250 g/mol. The first kappa shape index (κ1) is 11.3. The van der Waals surface area contributed by atoms with E-state index in [1.165, 1.54) is 0 Å². The maximum absolute atomic E-state index is 6.17. The van der Waals surface area contributed by atoms with Gasteiger partial charge in [-0.2, -0.15) is 0 Å². The predicted molar refractivity (Wildman–Crippen MR) is 69.2 cm³/mol. The molecular formula is C12H11ClN2S. The Bertz CT molecular complexity index is 563. The molecule has 0 spiro atoms. The Kier molecular flexibility index (Phi) is 3.36. The molecule has 0 fully saturated rings. The molecule has 1 aromatic carbocycles. The third kappa shape index (κ3) is 2.01. The predicted octanol–water partition coefficient (Wildman–Crippen LogP) is 4.02. The van der Waals surface area contributed by atoms with Crippen LogP contribution < -0.4 is 0 Å². The van der Waals surface area contributed by atoms with Gasteiger partial charge in [0.2, 0.25) is 0 Å². The Labute approximate surface area is 104 Å². The molecule has 0 unspecified atom stereocenters. The highest BCUT2D eigenvalue weighted by Gasteiger charge is 2.08. The lowest BCUT2D eigenvalue weighted by atomic mass is 10.1. The Morgan fingerprint density at radius 3 is 2.81 bits per heavy atom. The van der Waals surface area contributed by atoms with Crippen molar-refractivity contribution in [2.45, 2.75) is 13.3 Å². The van der Waals surface area contributed by atoms with Crippen molar-refractivity contribution in [2.75, 3.05) is 0 Å². The molecule has 4 heteroatoms. The standard InChI is InChI=1S/C12H11ClN2S/c1-2-8-11(14-7-15-12(8)16)9-5-3-4-6-10(9)13/h3-7H,2H2,1H3,(H,14,15,16). The van der Waals surface area contributed by atoms with Crippen molar-refractivity contribution >= 4 is 23.8 Å². The van der Waals surface area contributed by atoms with Gasteiger partial charge in [-0.1, -0.05) is 48.9 Å². The Hall–Kier alpha value is -1.19. The molecule has 0 amide bonds. The number of hydrogen-bond donors (Lipinski definition) is 1. The molecule has 0 aliphatic carbocycles. The summed E-state index contributed by atoms with van der Waals surface area (Å²) in [6, 6.07) is 7.71. The second-order valence-corrected chi connectivity index (χ2v) is 4.19. The van der Waals surface area contributed by atoms with Crippen LogP contribution in [0.3, 0.4) is 0 Å². The molecule has 0 bridgehead atoms. The molecule has 0 saturated heterocycles. The maximum atomic E-state index is 6.17. The van der Waals surface area contributed by atoms with Gasteiger partial charge in [-0.15, -0.1) is 0 Å². The van der Waals surface area contributed by atoms with E-state index < -0.39 is 0 Å². The summed E-state index contributed by atoms with van der Waals surface area (Å²) in [6.45, 7) is 2.06. The zero-order chi connectivity index (χ0) is 11.5. The molecular weight excluding hydrogens is 240 g/mol. The number of benzene rings is 1. The van der Waals surface area contributed by atoms with Crippen LogP contribution in [0.1, 0.15) is 12.5 Å². The maximum Gasteiger partial charge on any atom is 0.133 e. The average molecular weight is 251 g/mol. The molecule has 2 aromatic rings. The Morgan fingerprint density at radius 2 is 2.12 bits per heavy atom. The van der Waals surface area contributed by atoms with Gasteiger partial charge in [-0.25, -0.2) is 4.98 Å². The van der Waals surface area contributed by atoms with Crippen LogP contribution in [0.25, 0.3) is 11.3 Å². The van der Waals surface area contributed by atoms with Crippen molar-refractivity contribution in [2.24, 2.45) is 0 Å². The number of rotatable bonds is 2. The number of halogens is 1. The summed E-state index contributed by atoms with van der Waals surface area (Å²) in [4.78, 5) is 7.21. The van der Waals surface area contributed by atoms with E-state index in [0.29, 0.717) is 9.66 Å². The molecule has 1 N–H and O–H groups in total. The largest absolute Gasteiger partial charge is 0.345 e. The fourth-order valence-electron chi connectivity index (χ4n) is 1.66. The van der Waals surface area contributed by atoms with E-state index in [1.807, 2.05) is 24.3 Å². The van der Waals surface area contributed by atoms with Gasteiger partial charge in [0, 0.05) is 16.1 Å². The molecule has 0 aliphatic rings. The first-order valence-corrected chi connectivity index (χ1v) is 5.84. The molecule has 1 heterocycles. The van der Waals surface area contributed by atoms with E-state index >= 15 is 0 Å². The first-order valence-electron chi connectivity index (χ1n) is 5.05. The fourth-order valence-corrected chi connectivity index (χ4v) is 2.19. The summed E-state index contributed by atoms with van der Waals surface area (Å²) in [7, 11) is 0. The molecule has 0 aliphatic heterocycles. The van der Waals surface area contributed by atoms with E-state index in [4.69, 9.17) is 23.8 Å². The van der Waals surface area contributed by atoms with Crippen LogP contribution >= 0.6 is 23.8 Å². The van der Waals surface area contributed by atoms with Gasteiger partial charge < -0.3 is 4.98 Å². The number of nitrogens with zero attached hydrogens (tertiary/aromatic N) is 1. The molecule has 0 atom stereocenters. The molecule has 1 aromatic heterocycles. The highest BCUT2D eigenvalue weighted by Crippen LogP contribution is 2.28. The van der Waals surface area contributed by atoms with Gasteiger partial charge in [-0.3, -0.25) is 0 Å². The summed E-state index contributed by atoms with van der Waals surface area (Å²) in [5.74, 6) is 0. The van der Waals surface area contributed by atoms with Gasteiger partial charge in [0.1, 0.15) is 4.64 Å². The Balaban J connectivity index is 2.70. The van der Waals surface area contributed by atoms with Crippen LogP contribution in [0, 0.1) is 4.64 Å². The van der Waals surface area contributed by atoms with Crippen molar-refractivity contribution < 1.29 is 0 Å². The molecule has 2 nitrogen and oxygen atoms in total. The third-order valence-corrected chi connectivity index (χ3v) is 3.13. The van der Waals surface area contributed by atoms with Gasteiger partial charge in [0.05, 0.1) is 12.0 Å². The van der Waals surface area contributed by atoms with Crippen LogP contribution in [-0.2, 0) is 6.42 Å². The summed E-state index contributed by atoms with van der Waals surface area (Å²) in [5.41, 5.74) is 2.97. The lowest BCUT2D eigenvalue weighted by Gasteiger charge is -2.08. The fraction of sp³-hybridized carbons (Fsp3) is 0.167. The van der Waals surface area contributed by atoms with Gasteiger partial charge in [0.15, 0.2) is 0 Å². The number of aromatic amines is 1. The van der Waals surface area contributed by atoms with E-state index in [1.54, 1.807) is 6.33 Å². The molecule has 0 saturated carbocycles. The van der Waals surface area contributed by atoms with Gasteiger partial charge in [0.25, 0.3) is 0 Å². The lowest BCUT2D eigenvalue weighted by molar-refractivity contribution is 1.04. The number of hydrogen-bond acceptors (Lipinski definition) is 2. The smallest absolute Gasteiger partial charge is 0.133 e. The molecule has 16 heavy (non-hydrogen) atoms. The first-order chi connectivity index (χ1) is 7.74. The SMILES string of the molecule is CCc1c(-c2ccccc2Cl)[nH]cnc1=S. The molecule has 82 valence electrons. The van der Waals surface area contributed by atoms with Gasteiger partial charge >= 0.3 is 0 Å². The number of H-pyrrole nitrogens is 1.